The third-order valence-electron chi connectivity index (χ3n) is 4.86. The van der Waals surface area contributed by atoms with Crippen LogP contribution >= 0.6 is 0 Å². The fraction of sp³-hybridized carbons (Fsp3) is 0.476. The fourth-order valence-electron chi connectivity index (χ4n) is 3.47. The van der Waals surface area contributed by atoms with Crippen molar-refractivity contribution >= 4 is 16.7 Å². The number of β-amino-alcohol motifs (C(OH)–C–C–N with tert-alkyl or cyclic N) is 1. The Kier molecular flexibility index (Phi) is 6.47. The summed E-state index contributed by atoms with van der Waals surface area (Å²) in [6.45, 7) is 4.68. The summed E-state index contributed by atoms with van der Waals surface area (Å²) in [7, 11) is 0. The number of fused-ring (bicyclic) bond motifs is 1. The summed E-state index contributed by atoms with van der Waals surface area (Å²) in [5, 5.41) is 12.5. The average molecular weight is 357 g/mol. The Labute approximate surface area is 154 Å². The molecule has 1 saturated heterocycles. The molecule has 0 radical (unpaired) electrons. The number of hydrogen-bond donors (Lipinski definition) is 1. The number of esters is 1. The lowest BCUT2D eigenvalue weighted by Crippen LogP contribution is -2.42. The Morgan fingerprint density at radius 1 is 1.19 bits per heavy atom. The third kappa shape index (κ3) is 4.74. The van der Waals surface area contributed by atoms with Gasteiger partial charge in [-0.1, -0.05) is 36.4 Å². The van der Waals surface area contributed by atoms with Gasteiger partial charge >= 0.3 is 5.97 Å². The minimum absolute atomic E-state index is 0.00437. The van der Waals surface area contributed by atoms with E-state index in [-0.39, 0.29) is 18.5 Å². The standard InChI is InChI=1S/C21H27NO4/c1-2-25-21(24)17-10-12-22(13-11-17)14-18(23)15-26-20-9-5-7-16-6-3-4-8-19(16)20/h3-9,17-18,23H,2,10-15H2,1H3/t18-/m1/s1. The zero-order valence-corrected chi connectivity index (χ0v) is 15.3. The zero-order chi connectivity index (χ0) is 18.4. The number of aliphatic hydroxyl groups excluding tert-OH is 1. The van der Waals surface area contributed by atoms with Crippen molar-refractivity contribution in [1.82, 2.24) is 4.90 Å². The lowest BCUT2D eigenvalue weighted by atomic mass is 9.97. The van der Waals surface area contributed by atoms with Crippen LogP contribution in [-0.2, 0) is 9.53 Å². The van der Waals surface area contributed by atoms with E-state index >= 15 is 0 Å². The summed E-state index contributed by atoms with van der Waals surface area (Å²) in [6.07, 6.45) is 1.01. The Morgan fingerprint density at radius 2 is 1.92 bits per heavy atom. The second-order valence-corrected chi connectivity index (χ2v) is 6.77. The number of piperidine rings is 1. The highest BCUT2D eigenvalue weighted by Crippen LogP contribution is 2.25. The largest absolute Gasteiger partial charge is 0.490 e. The third-order valence-corrected chi connectivity index (χ3v) is 4.86. The Balaban J connectivity index is 1.46. The quantitative estimate of drug-likeness (QED) is 0.772. The van der Waals surface area contributed by atoms with E-state index in [4.69, 9.17) is 9.47 Å². The lowest BCUT2D eigenvalue weighted by Gasteiger charge is -2.32. The molecule has 1 atom stereocenters. The lowest BCUT2D eigenvalue weighted by molar-refractivity contribution is -0.149. The second kappa shape index (κ2) is 9.01. The van der Waals surface area contributed by atoms with E-state index in [1.165, 1.54) is 0 Å². The number of nitrogens with zero attached hydrogens (tertiary/aromatic N) is 1. The average Bonchev–Trinajstić information content (AvgIpc) is 2.67. The van der Waals surface area contributed by atoms with Crippen LogP contribution in [0.1, 0.15) is 19.8 Å². The highest BCUT2D eigenvalue weighted by molar-refractivity contribution is 5.88. The first-order chi connectivity index (χ1) is 12.7. The molecule has 140 valence electrons. The predicted octanol–water partition coefficient (Wildman–Crippen LogP) is 2.85. The van der Waals surface area contributed by atoms with Gasteiger partial charge in [0.1, 0.15) is 18.5 Å². The summed E-state index contributed by atoms with van der Waals surface area (Å²) < 4.78 is 11.0. The molecule has 3 rings (SSSR count). The molecule has 0 spiro atoms. The van der Waals surface area contributed by atoms with Crippen molar-refractivity contribution in [3.63, 3.8) is 0 Å². The molecule has 1 aliphatic heterocycles. The van der Waals surface area contributed by atoms with Crippen LogP contribution in [0.15, 0.2) is 42.5 Å². The highest BCUT2D eigenvalue weighted by Gasteiger charge is 2.26. The topological polar surface area (TPSA) is 59.0 Å². The molecule has 0 unspecified atom stereocenters. The first-order valence-electron chi connectivity index (χ1n) is 9.35. The van der Waals surface area contributed by atoms with Gasteiger partial charge in [0.25, 0.3) is 0 Å². The maximum absolute atomic E-state index is 11.8. The maximum atomic E-state index is 11.8. The van der Waals surface area contributed by atoms with Crippen LogP contribution in [0.2, 0.25) is 0 Å². The van der Waals surface area contributed by atoms with Gasteiger partial charge in [0.05, 0.1) is 12.5 Å². The molecule has 26 heavy (non-hydrogen) atoms. The van der Waals surface area contributed by atoms with Gasteiger partial charge in [-0.3, -0.25) is 4.79 Å². The molecule has 5 nitrogen and oxygen atoms in total. The van der Waals surface area contributed by atoms with E-state index in [0.717, 1.165) is 42.5 Å². The van der Waals surface area contributed by atoms with Crippen LogP contribution in [0.3, 0.4) is 0 Å². The Morgan fingerprint density at radius 3 is 2.69 bits per heavy atom. The first-order valence-corrected chi connectivity index (χ1v) is 9.35. The van der Waals surface area contributed by atoms with Crippen molar-refractivity contribution in [3.05, 3.63) is 42.5 Å². The Bertz CT molecular complexity index is 720. The van der Waals surface area contributed by atoms with Crippen LogP contribution in [-0.4, -0.2) is 54.9 Å². The number of aliphatic hydroxyl groups is 1. The van der Waals surface area contributed by atoms with Gasteiger partial charge in [-0.05, 0) is 44.3 Å². The molecule has 1 heterocycles. The molecule has 0 aliphatic carbocycles. The number of rotatable bonds is 7. The van der Waals surface area contributed by atoms with Crippen LogP contribution in [0, 0.1) is 5.92 Å². The van der Waals surface area contributed by atoms with Crippen LogP contribution in [0.5, 0.6) is 5.75 Å². The van der Waals surface area contributed by atoms with E-state index < -0.39 is 6.10 Å². The molecule has 1 fully saturated rings. The fourth-order valence-corrected chi connectivity index (χ4v) is 3.47. The number of carbonyl (C=O) groups excluding carboxylic acids is 1. The monoisotopic (exact) mass is 357 g/mol. The summed E-state index contributed by atoms with van der Waals surface area (Å²) in [4.78, 5) is 14.0. The van der Waals surface area contributed by atoms with Crippen LogP contribution in [0.25, 0.3) is 10.8 Å². The number of ether oxygens (including phenoxy) is 2. The Hall–Kier alpha value is -2.11. The van der Waals surface area contributed by atoms with E-state index in [0.29, 0.717) is 13.2 Å². The van der Waals surface area contributed by atoms with Crippen LogP contribution < -0.4 is 4.74 Å². The molecule has 5 heteroatoms. The summed E-state index contributed by atoms with van der Waals surface area (Å²) in [5.74, 6) is 0.699. The highest BCUT2D eigenvalue weighted by atomic mass is 16.5. The number of hydrogen-bond acceptors (Lipinski definition) is 5. The predicted molar refractivity (Wildman–Crippen MR) is 101 cm³/mol. The van der Waals surface area contributed by atoms with E-state index in [1.54, 1.807) is 0 Å². The van der Waals surface area contributed by atoms with Gasteiger partial charge < -0.3 is 19.5 Å². The van der Waals surface area contributed by atoms with Crippen molar-refractivity contribution < 1.29 is 19.4 Å². The zero-order valence-electron chi connectivity index (χ0n) is 15.3. The molecule has 0 bridgehead atoms. The minimum Gasteiger partial charge on any atom is -0.490 e. The van der Waals surface area contributed by atoms with Gasteiger partial charge in [0.2, 0.25) is 0 Å². The molecule has 1 aliphatic rings. The normalized spacial score (nSPS) is 17.2. The van der Waals surface area contributed by atoms with Gasteiger partial charge in [-0.2, -0.15) is 0 Å². The summed E-state index contributed by atoms with van der Waals surface area (Å²) >= 11 is 0. The SMILES string of the molecule is CCOC(=O)C1CCN(C[C@@H](O)COc2cccc3ccccc23)CC1. The van der Waals surface area contributed by atoms with Gasteiger partial charge in [0.15, 0.2) is 0 Å². The van der Waals surface area contributed by atoms with E-state index in [1.807, 2.05) is 49.4 Å². The molecular weight excluding hydrogens is 330 g/mol. The number of likely N-dealkylation sites (tertiary alicyclic amines) is 1. The van der Waals surface area contributed by atoms with Crippen molar-refractivity contribution in [2.45, 2.75) is 25.9 Å². The van der Waals surface area contributed by atoms with Gasteiger partial charge in [0, 0.05) is 11.9 Å². The molecule has 0 aromatic heterocycles. The van der Waals surface area contributed by atoms with E-state index in [9.17, 15) is 9.90 Å². The minimum atomic E-state index is -0.562. The summed E-state index contributed by atoms with van der Waals surface area (Å²) in [5.41, 5.74) is 0. The maximum Gasteiger partial charge on any atom is 0.309 e. The van der Waals surface area contributed by atoms with Crippen molar-refractivity contribution in [2.24, 2.45) is 5.92 Å². The second-order valence-electron chi connectivity index (χ2n) is 6.77. The number of benzene rings is 2. The van der Waals surface area contributed by atoms with Crippen molar-refractivity contribution in [2.75, 3.05) is 32.8 Å². The number of carbonyl (C=O) groups is 1. The first kappa shape index (κ1) is 18.7. The van der Waals surface area contributed by atoms with Gasteiger partial charge in [-0.25, -0.2) is 0 Å². The molecule has 2 aromatic carbocycles. The molecule has 2 aromatic rings. The molecule has 0 saturated carbocycles. The molecular formula is C21H27NO4. The molecule has 1 N–H and O–H groups in total. The van der Waals surface area contributed by atoms with E-state index in [2.05, 4.69) is 4.90 Å². The summed E-state index contributed by atoms with van der Waals surface area (Å²) in [6, 6.07) is 14.0. The molecule has 0 amide bonds. The van der Waals surface area contributed by atoms with Crippen molar-refractivity contribution in [3.8, 4) is 5.75 Å². The van der Waals surface area contributed by atoms with Crippen LogP contribution in [0.4, 0.5) is 0 Å². The smallest absolute Gasteiger partial charge is 0.309 e. The van der Waals surface area contributed by atoms with Gasteiger partial charge in [-0.15, -0.1) is 0 Å². The van der Waals surface area contributed by atoms with Crippen molar-refractivity contribution in [1.29, 1.82) is 0 Å².